The van der Waals surface area contributed by atoms with E-state index in [0.29, 0.717) is 11.1 Å². The SMILES string of the molecule is NC(=O)N(Cc1ccc(Cl)c(C(F)(F)F)c1)c1cccc2cnccc12. The number of carbonyl (C=O) groups excluding carboxylic acids is 1. The molecule has 4 nitrogen and oxygen atoms in total. The minimum absolute atomic E-state index is 0.128. The molecule has 0 aliphatic rings. The maximum absolute atomic E-state index is 13.1. The highest BCUT2D eigenvalue weighted by Gasteiger charge is 2.33. The summed E-state index contributed by atoms with van der Waals surface area (Å²) in [6.07, 6.45) is -1.40. The van der Waals surface area contributed by atoms with Crippen LogP contribution in [-0.2, 0) is 12.7 Å². The lowest BCUT2D eigenvalue weighted by Crippen LogP contribution is -2.35. The van der Waals surface area contributed by atoms with Crippen molar-refractivity contribution in [3.8, 4) is 0 Å². The molecule has 3 aromatic rings. The van der Waals surface area contributed by atoms with Crippen molar-refractivity contribution in [2.45, 2.75) is 12.7 Å². The highest BCUT2D eigenvalue weighted by Crippen LogP contribution is 2.36. The number of anilines is 1. The fraction of sp³-hybridized carbons (Fsp3) is 0.111. The van der Waals surface area contributed by atoms with Crippen molar-refractivity contribution in [3.05, 3.63) is 71.0 Å². The second-order valence-corrected chi connectivity index (χ2v) is 6.02. The molecule has 8 heteroatoms. The molecule has 1 aromatic heterocycles. The summed E-state index contributed by atoms with van der Waals surface area (Å²) in [5, 5.41) is 1.10. The zero-order valence-corrected chi connectivity index (χ0v) is 14.1. The van der Waals surface area contributed by atoms with Gasteiger partial charge in [0.15, 0.2) is 0 Å². The van der Waals surface area contributed by atoms with Gasteiger partial charge >= 0.3 is 12.2 Å². The lowest BCUT2D eigenvalue weighted by atomic mass is 10.1. The Hall–Kier alpha value is -2.80. The summed E-state index contributed by atoms with van der Waals surface area (Å²) in [6, 6.07) is 9.65. The Morgan fingerprint density at radius 3 is 2.65 bits per heavy atom. The first-order chi connectivity index (χ1) is 12.3. The fourth-order valence-electron chi connectivity index (χ4n) is 2.69. The predicted octanol–water partition coefficient (Wildman–Crippen LogP) is 4.99. The lowest BCUT2D eigenvalue weighted by Gasteiger charge is -2.23. The van der Waals surface area contributed by atoms with E-state index in [4.69, 9.17) is 17.3 Å². The predicted molar refractivity (Wildman–Crippen MR) is 94.0 cm³/mol. The number of halogens is 4. The Balaban J connectivity index is 2.04. The summed E-state index contributed by atoms with van der Waals surface area (Å²) in [5.41, 5.74) is 5.27. The van der Waals surface area contributed by atoms with E-state index in [2.05, 4.69) is 4.98 Å². The molecule has 0 aliphatic heterocycles. The summed E-state index contributed by atoms with van der Waals surface area (Å²) in [7, 11) is 0. The number of nitrogens with two attached hydrogens (primary N) is 1. The molecule has 0 radical (unpaired) electrons. The number of primary amides is 1. The summed E-state index contributed by atoms with van der Waals surface area (Å²) in [6.45, 7) is -0.128. The smallest absolute Gasteiger partial charge is 0.351 e. The van der Waals surface area contributed by atoms with Crippen molar-refractivity contribution < 1.29 is 18.0 Å². The number of pyridine rings is 1. The average Bonchev–Trinajstić information content (AvgIpc) is 2.59. The van der Waals surface area contributed by atoms with E-state index in [-0.39, 0.29) is 12.1 Å². The van der Waals surface area contributed by atoms with Crippen LogP contribution in [0.2, 0.25) is 5.02 Å². The Morgan fingerprint density at radius 1 is 1.19 bits per heavy atom. The first-order valence-corrected chi connectivity index (χ1v) is 7.90. The molecule has 2 aromatic carbocycles. The molecule has 3 rings (SSSR count). The van der Waals surface area contributed by atoms with Crippen LogP contribution in [0, 0.1) is 0 Å². The lowest BCUT2D eigenvalue weighted by molar-refractivity contribution is -0.137. The molecule has 26 heavy (non-hydrogen) atoms. The molecule has 0 saturated carbocycles. The van der Waals surface area contributed by atoms with Gasteiger partial charge < -0.3 is 5.73 Å². The Morgan fingerprint density at radius 2 is 1.96 bits per heavy atom. The Bertz CT molecular complexity index is 970. The van der Waals surface area contributed by atoms with Gasteiger partial charge in [0, 0.05) is 23.2 Å². The van der Waals surface area contributed by atoms with Crippen LogP contribution in [0.25, 0.3) is 10.8 Å². The molecule has 0 saturated heterocycles. The second kappa shape index (κ2) is 6.84. The van der Waals surface area contributed by atoms with Gasteiger partial charge in [0.25, 0.3) is 0 Å². The quantitative estimate of drug-likeness (QED) is 0.696. The first-order valence-electron chi connectivity index (χ1n) is 7.52. The molecule has 134 valence electrons. The molecule has 2 N–H and O–H groups in total. The third-order valence-corrected chi connectivity index (χ3v) is 4.22. The van der Waals surface area contributed by atoms with Crippen LogP contribution in [0.5, 0.6) is 0 Å². The van der Waals surface area contributed by atoms with Gasteiger partial charge in [-0.05, 0) is 29.8 Å². The van der Waals surface area contributed by atoms with Crippen molar-refractivity contribution in [2.24, 2.45) is 5.73 Å². The van der Waals surface area contributed by atoms with Crippen molar-refractivity contribution >= 4 is 34.1 Å². The molecular formula is C18H13ClF3N3O. The number of alkyl halides is 3. The van der Waals surface area contributed by atoms with Crippen LogP contribution in [0.15, 0.2) is 54.9 Å². The van der Waals surface area contributed by atoms with Crippen LogP contribution in [0.3, 0.4) is 0 Å². The highest BCUT2D eigenvalue weighted by molar-refractivity contribution is 6.31. The summed E-state index contributed by atoms with van der Waals surface area (Å²) >= 11 is 5.64. The zero-order chi connectivity index (χ0) is 18.9. The van der Waals surface area contributed by atoms with Crippen LogP contribution in [0.1, 0.15) is 11.1 Å². The molecule has 1 heterocycles. The number of benzene rings is 2. The van der Waals surface area contributed by atoms with E-state index in [1.165, 1.54) is 11.0 Å². The van der Waals surface area contributed by atoms with Crippen LogP contribution in [-0.4, -0.2) is 11.0 Å². The number of hydrogen-bond acceptors (Lipinski definition) is 2. The molecule has 0 bridgehead atoms. The maximum Gasteiger partial charge on any atom is 0.417 e. The number of aromatic nitrogens is 1. The Kier molecular flexibility index (Phi) is 4.73. The third-order valence-electron chi connectivity index (χ3n) is 3.89. The van der Waals surface area contributed by atoms with Crippen LogP contribution < -0.4 is 10.6 Å². The first kappa shape index (κ1) is 18.0. The van der Waals surface area contributed by atoms with Gasteiger partial charge in [0.1, 0.15) is 0 Å². The monoisotopic (exact) mass is 379 g/mol. The van der Waals surface area contributed by atoms with Gasteiger partial charge in [-0.15, -0.1) is 0 Å². The number of nitrogens with zero attached hydrogens (tertiary/aromatic N) is 2. The summed E-state index contributed by atoms with van der Waals surface area (Å²) < 4.78 is 39.2. The number of urea groups is 1. The van der Waals surface area contributed by atoms with Crippen molar-refractivity contribution in [3.63, 3.8) is 0 Å². The minimum atomic E-state index is -4.59. The number of hydrogen-bond donors (Lipinski definition) is 1. The van der Waals surface area contributed by atoms with Crippen molar-refractivity contribution in [1.82, 2.24) is 4.98 Å². The van der Waals surface area contributed by atoms with Gasteiger partial charge in [-0.3, -0.25) is 9.88 Å². The number of carbonyl (C=O) groups is 1. The Labute approximate surface area is 152 Å². The minimum Gasteiger partial charge on any atom is -0.351 e. The molecule has 0 fully saturated rings. The van der Waals surface area contributed by atoms with Gasteiger partial charge in [-0.2, -0.15) is 13.2 Å². The van der Waals surface area contributed by atoms with Crippen molar-refractivity contribution in [1.29, 1.82) is 0 Å². The van der Waals surface area contributed by atoms with E-state index >= 15 is 0 Å². The second-order valence-electron chi connectivity index (χ2n) is 5.61. The zero-order valence-electron chi connectivity index (χ0n) is 13.3. The molecule has 0 atom stereocenters. The van der Waals surface area contributed by atoms with Gasteiger partial charge in [0.05, 0.1) is 22.8 Å². The van der Waals surface area contributed by atoms with Crippen LogP contribution >= 0.6 is 11.6 Å². The van der Waals surface area contributed by atoms with E-state index < -0.39 is 22.8 Å². The molecule has 0 unspecified atom stereocenters. The molecule has 2 amide bonds. The van der Waals surface area contributed by atoms with E-state index in [1.54, 1.807) is 30.6 Å². The van der Waals surface area contributed by atoms with Gasteiger partial charge in [-0.25, -0.2) is 4.79 Å². The van der Waals surface area contributed by atoms with E-state index in [1.807, 2.05) is 6.07 Å². The van der Waals surface area contributed by atoms with Gasteiger partial charge in [-0.1, -0.05) is 29.8 Å². The number of rotatable bonds is 3. The maximum atomic E-state index is 13.1. The third kappa shape index (κ3) is 3.57. The van der Waals surface area contributed by atoms with Gasteiger partial charge in [0.2, 0.25) is 0 Å². The van der Waals surface area contributed by atoms with Crippen molar-refractivity contribution in [2.75, 3.05) is 4.90 Å². The van der Waals surface area contributed by atoms with E-state index in [9.17, 15) is 18.0 Å². The largest absolute Gasteiger partial charge is 0.417 e. The standard InChI is InChI=1S/C18H13ClF3N3O/c19-15-5-4-11(8-14(15)18(20,21)22)10-25(17(23)26)16-3-1-2-12-9-24-7-6-13(12)16/h1-9H,10H2,(H2,23,26). The topological polar surface area (TPSA) is 59.2 Å². The molecular weight excluding hydrogens is 367 g/mol. The normalized spacial score (nSPS) is 11.5. The summed E-state index contributed by atoms with van der Waals surface area (Å²) in [4.78, 5) is 17.2. The fourth-order valence-corrected chi connectivity index (χ4v) is 2.92. The summed E-state index contributed by atoms with van der Waals surface area (Å²) in [5.74, 6) is 0. The van der Waals surface area contributed by atoms with E-state index in [0.717, 1.165) is 17.5 Å². The molecule has 0 aliphatic carbocycles. The highest BCUT2D eigenvalue weighted by atomic mass is 35.5. The number of fused-ring (bicyclic) bond motifs is 1. The van der Waals surface area contributed by atoms with Crippen LogP contribution in [0.4, 0.5) is 23.7 Å². The molecule has 0 spiro atoms. The number of amides is 2. The average molecular weight is 380 g/mol.